The summed E-state index contributed by atoms with van der Waals surface area (Å²) in [6.45, 7) is 7.55. The van der Waals surface area contributed by atoms with Gasteiger partial charge in [-0.15, -0.1) is 0 Å². The fourth-order valence-electron chi connectivity index (χ4n) is 4.98. The number of esters is 1. The molecule has 2 aromatic carbocycles. The molecule has 0 spiro atoms. The number of likely N-dealkylation sites (tertiary alicyclic amines) is 1. The lowest BCUT2D eigenvalue weighted by molar-refractivity contribution is -0.143. The number of ether oxygens (including phenoxy) is 3. The van der Waals surface area contributed by atoms with Crippen molar-refractivity contribution in [2.24, 2.45) is 0 Å². The highest BCUT2D eigenvalue weighted by atomic mass is 19.1. The van der Waals surface area contributed by atoms with E-state index in [9.17, 15) is 14.3 Å². The number of nitrogens with zero attached hydrogens (tertiary/aromatic N) is 1. The number of rotatable bonds is 14. The molecule has 0 radical (unpaired) electrons. The number of methoxy groups -OCH3 is 1. The van der Waals surface area contributed by atoms with Crippen molar-refractivity contribution in [3.8, 4) is 5.75 Å². The molecule has 3 atom stereocenters. The highest BCUT2D eigenvalue weighted by Gasteiger charge is 2.27. The molecule has 38 heavy (non-hydrogen) atoms. The Hall–Kier alpha value is -2.74. The van der Waals surface area contributed by atoms with Gasteiger partial charge in [0.2, 0.25) is 0 Å². The fourth-order valence-corrected chi connectivity index (χ4v) is 4.98. The van der Waals surface area contributed by atoms with E-state index < -0.39 is 6.10 Å². The summed E-state index contributed by atoms with van der Waals surface area (Å²) >= 11 is 0. The lowest BCUT2D eigenvalue weighted by Gasteiger charge is -2.28. The Morgan fingerprint density at radius 3 is 2.84 bits per heavy atom. The molecule has 2 aromatic rings. The van der Waals surface area contributed by atoms with Gasteiger partial charge in [-0.3, -0.25) is 9.69 Å². The quantitative estimate of drug-likeness (QED) is 0.321. The standard InChI is InChI=1S/C31H42FNO5/c1-5-37-31(35)14-7-6-11-28-27(12-8-13-30(28)36-4)23(3)38-21-26(34)20-33-17-9-10-25(33)18-24-16-15-22(2)29(32)19-24/h6,8,11-13,15-16,19,23,25-26,34H,5,7,9-10,14,17-18,20-21H2,1-4H3/t23-,25+,26-/m1/s1. The summed E-state index contributed by atoms with van der Waals surface area (Å²) in [6.07, 6.45) is 6.75. The molecule has 208 valence electrons. The average Bonchev–Trinajstić information content (AvgIpc) is 3.33. The molecule has 1 aliphatic heterocycles. The number of aliphatic hydroxyl groups excluding tert-OH is 1. The van der Waals surface area contributed by atoms with Gasteiger partial charge in [-0.1, -0.05) is 36.4 Å². The minimum atomic E-state index is -0.637. The Labute approximate surface area is 226 Å². The van der Waals surface area contributed by atoms with Crippen LogP contribution < -0.4 is 4.74 Å². The van der Waals surface area contributed by atoms with E-state index in [-0.39, 0.29) is 30.5 Å². The van der Waals surface area contributed by atoms with Crippen LogP contribution in [0.4, 0.5) is 4.39 Å². The molecular formula is C31H42FNO5. The number of aliphatic hydroxyl groups is 1. The molecule has 7 heteroatoms. The Kier molecular flexibility index (Phi) is 11.8. The van der Waals surface area contributed by atoms with Crippen molar-refractivity contribution in [3.05, 3.63) is 70.5 Å². The van der Waals surface area contributed by atoms with E-state index in [1.807, 2.05) is 49.4 Å². The Balaban J connectivity index is 1.56. The highest BCUT2D eigenvalue weighted by Crippen LogP contribution is 2.30. The van der Waals surface area contributed by atoms with Crippen molar-refractivity contribution >= 4 is 12.0 Å². The third-order valence-corrected chi connectivity index (χ3v) is 7.05. The van der Waals surface area contributed by atoms with E-state index >= 15 is 0 Å². The number of carbonyl (C=O) groups excluding carboxylic acids is 1. The lowest BCUT2D eigenvalue weighted by Crippen LogP contribution is -2.39. The summed E-state index contributed by atoms with van der Waals surface area (Å²) in [5.41, 5.74) is 3.49. The maximum Gasteiger partial charge on any atom is 0.306 e. The number of hydrogen-bond acceptors (Lipinski definition) is 6. The summed E-state index contributed by atoms with van der Waals surface area (Å²) in [5.74, 6) is 0.341. The summed E-state index contributed by atoms with van der Waals surface area (Å²) in [6, 6.07) is 11.5. The molecule has 0 unspecified atom stereocenters. The van der Waals surface area contributed by atoms with Gasteiger partial charge in [0.05, 0.1) is 32.5 Å². The topological polar surface area (TPSA) is 68.2 Å². The van der Waals surface area contributed by atoms with Crippen molar-refractivity contribution in [1.82, 2.24) is 4.90 Å². The van der Waals surface area contributed by atoms with Crippen LogP contribution in [0.1, 0.15) is 67.9 Å². The predicted octanol–water partition coefficient (Wildman–Crippen LogP) is 5.64. The zero-order chi connectivity index (χ0) is 27.5. The molecule has 0 bridgehead atoms. The average molecular weight is 528 g/mol. The second-order valence-electron chi connectivity index (χ2n) is 9.92. The van der Waals surface area contributed by atoms with E-state index in [1.165, 1.54) is 0 Å². The third kappa shape index (κ3) is 8.65. The fraction of sp³-hybridized carbons (Fsp3) is 0.516. The Bertz CT molecular complexity index is 1070. The first kappa shape index (κ1) is 29.8. The van der Waals surface area contributed by atoms with Gasteiger partial charge in [-0.05, 0) is 81.8 Å². The van der Waals surface area contributed by atoms with Crippen LogP contribution in [0, 0.1) is 12.7 Å². The number of allylic oxidation sites excluding steroid dienone is 1. The first-order valence-electron chi connectivity index (χ1n) is 13.6. The number of hydrogen-bond donors (Lipinski definition) is 1. The lowest BCUT2D eigenvalue weighted by atomic mass is 10.0. The van der Waals surface area contributed by atoms with E-state index in [1.54, 1.807) is 27.0 Å². The van der Waals surface area contributed by atoms with Gasteiger partial charge in [0.25, 0.3) is 0 Å². The number of β-amino-alcohol motifs (C(OH)–C–C–N with tert-alkyl or cyclic N) is 1. The van der Waals surface area contributed by atoms with Gasteiger partial charge < -0.3 is 19.3 Å². The molecule has 1 N–H and O–H groups in total. The van der Waals surface area contributed by atoms with Gasteiger partial charge in [0.15, 0.2) is 0 Å². The van der Waals surface area contributed by atoms with Gasteiger partial charge in [-0.25, -0.2) is 4.39 Å². The van der Waals surface area contributed by atoms with E-state index in [2.05, 4.69) is 4.90 Å². The monoisotopic (exact) mass is 527 g/mol. The molecule has 1 fully saturated rings. The summed E-state index contributed by atoms with van der Waals surface area (Å²) in [5, 5.41) is 10.8. The van der Waals surface area contributed by atoms with E-state index in [4.69, 9.17) is 14.2 Å². The molecular weight excluding hydrogens is 485 g/mol. The van der Waals surface area contributed by atoms with Crippen LogP contribution in [0.3, 0.4) is 0 Å². The maximum absolute atomic E-state index is 14.0. The van der Waals surface area contributed by atoms with Crippen molar-refractivity contribution in [2.45, 2.75) is 71.1 Å². The maximum atomic E-state index is 14.0. The van der Waals surface area contributed by atoms with Crippen LogP contribution in [-0.2, 0) is 20.7 Å². The van der Waals surface area contributed by atoms with E-state index in [0.717, 1.165) is 48.2 Å². The largest absolute Gasteiger partial charge is 0.496 e. The second-order valence-corrected chi connectivity index (χ2v) is 9.92. The highest BCUT2D eigenvalue weighted by molar-refractivity contribution is 5.70. The molecule has 1 aliphatic rings. The van der Waals surface area contributed by atoms with Crippen molar-refractivity contribution in [1.29, 1.82) is 0 Å². The molecule has 0 aliphatic carbocycles. The van der Waals surface area contributed by atoms with Crippen LogP contribution >= 0.6 is 0 Å². The molecule has 1 saturated heterocycles. The summed E-state index contributed by atoms with van der Waals surface area (Å²) < 4.78 is 30.7. The van der Waals surface area contributed by atoms with Gasteiger partial charge in [-0.2, -0.15) is 0 Å². The first-order valence-corrected chi connectivity index (χ1v) is 13.6. The number of aryl methyl sites for hydroxylation is 1. The van der Waals surface area contributed by atoms with Crippen molar-refractivity contribution < 1.29 is 28.5 Å². The smallest absolute Gasteiger partial charge is 0.306 e. The Morgan fingerprint density at radius 1 is 1.29 bits per heavy atom. The number of carbonyl (C=O) groups is 1. The summed E-state index contributed by atoms with van der Waals surface area (Å²) in [7, 11) is 1.63. The normalized spacial score (nSPS) is 17.6. The zero-order valence-corrected chi connectivity index (χ0v) is 23.1. The first-order chi connectivity index (χ1) is 18.3. The molecule has 0 amide bonds. The van der Waals surface area contributed by atoms with Crippen LogP contribution in [0.2, 0.25) is 0 Å². The van der Waals surface area contributed by atoms with Gasteiger partial charge in [0.1, 0.15) is 11.6 Å². The molecule has 1 heterocycles. The molecule has 6 nitrogen and oxygen atoms in total. The van der Waals surface area contributed by atoms with Gasteiger partial charge in [0, 0.05) is 24.6 Å². The molecule has 3 rings (SSSR count). The van der Waals surface area contributed by atoms with Crippen LogP contribution in [0.15, 0.2) is 42.5 Å². The predicted molar refractivity (Wildman–Crippen MR) is 148 cm³/mol. The van der Waals surface area contributed by atoms with Crippen LogP contribution in [0.25, 0.3) is 6.08 Å². The number of benzene rings is 2. The Morgan fingerprint density at radius 2 is 2.11 bits per heavy atom. The molecule has 0 saturated carbocycles. The second kappa shape index (κ2) is 15.0. The van der Waals surface area contributed by atoms with Crippen molar-refractivity contribution in [2.75, 3.05) is 33.4 Å². The van der Waals surface area contributed by atoms with Crippen LogP contribution in [-0.4, -0.2) is 61.5 Å². The minimum absolute atomic E-state index is 0.166. The minimum Gasteiger partial charge on any atom is -0.496 e. The summed E-state index contributed by atoms with van der Waals surface area (Å²) in [4.78, 5) is 13.9. The number of halogens is 1. The molecule has 0 aromatic heterocycles. The van der Waals surface area contributed by atoms with Crippen LogP contribution in [0.5, 0.6) is 5.75 Å². The SMILES string of the molecule is CCOC(=O)CCC=Cc1c(OC)cccc1[C@@H](C)OC[C@H](O)CN1CCC[C@H]1Cc1ccc(C)c(F)c1. The van der Waals surface area contributed by atoms with Gasteiger partial charge >= 0.3 is 5.97 Å². The van der Waals surface area contributed by atoms with Crippen molar-refractivity contribution in [3.63, 3.8) is 0 Å². The third-order valence-electron chi connectivity index (χ3n) is 7.05. The zero-order valence-electron chi connectivity index (χ0n) is 23.1. The van der Waals surface area contributed by atoms with E-state index in [0.29, 0.717) is 31.6 Å².